The van der Waals surface area contributed by atoms with Crippen molar-refractivity contribution in [3.8, 4) is 5.75 Å². The standard InChI is InChI=1S/C35H46N4O7/c1-22(2)32-33(42)36-30(20-25-12-8-14-27(40)19-25)34(43)39-17-9-16-29(38-39)35(44)46-23(3)26-13-7-11-24(18-26)10-5-6-15-28(45-4)21-31(41)37-32/h5,7-8,10-14,18-19,22-23,28-30,32,38,40H,6,9,15-17,20-21H2,1-4H3,(H,36,42)(H,37,41)/b10-5+/t23-,28?,29+,30+,32+/m1/s1. The summed E-state index contributed by atoms with van der Waals surface area (Å²) in [4.78, 5) is 54.0. The highest BCUT2D eigenvalue weighted by Crippen LogP contribution is 2.22. The van der Waals surface area contributed by atoms with E-state index < -0.39 is 42.0 Å². The van der Waals surface area contributed by atoms with Crippen molar-refractivity contribution in [1.29, 1.82) is 0 Å². The van der Waals surface area contributed by atoms with Crippen LogP contribution in [0.25, 0.3) is 6.08 Å². The van der Waals surface area contributed by atoms with Crippen LogP contribution < -0.4 is 16.1 Å². The molecule has 248 valence electrons. The van der Waals surface area contributed by atoms with Crippen LogP contribution in [0.15, 0.2) is 54.6 Å². The smallest absolute Gasteiger partial charge is 0.325 e. The average molecular weight is 635 g/mol. The first-order valence-corrected chi connectivity index (χ1v) is 16.0. The Hall–Kier alpha value is -4.22. The van der Waals surface area contributed by atoms with Gasteiger partial charge in [0.25, 0.3) is 5.91 Å². The highest BCUT2D eigenvalue weighted by atomic mass is 16.5. The van der Waals surface area contributed by atoms with Gasteiger partial charge >= 0.3 is 5.97 Å². The summed E-state index contributed by atoms with van der Waals surface area (Å²) in [6.45, 7) is 5.77. The monoisotopic (exact) mass is 634 g/mol. The minimum atomic E-state index is -1.05. The summed E-state index contributed by atoms with van der Waals surface area (Å²) in [5, 5.41) is 17.1. The van der Waals surface area contributed by atoms with Gasteiger partial charge in [-0.25, -0.2) is 5.43 Å². The van der Waals surface area contributed by atoms with E-state index in [4.69, 9.17) is 9.47 Å². The number of hydrogen-bond acceptors (Lipinski definition) is 8. The second-order valence-corrected chi connectivity index (χ2v) is 12.3. The fourth-order valence-electron chi connectivity index (χ4n) is 5.70. The molecule has 46 heavy (non-hydrogen) atoms. The molecule has 4 N–H and O–H groups in total. The molecule has 1 fully saturated rings. The summed E-state index contributed by atoms with van der Waals surface area (Å²) in [6.07, 6.45) is 5.55. The molecule has 4 rings (SSSR count). The van der Waals surface area contributed by atoms with Crippen molar-refractivity contribution in [2.75, 3.05) is 13.7 Å². The second kappa shape index (κ2) is 16.4. The average Bonchev–Trinajstić information content (AvgIpc) is 3.04. The molecule has 4 bridgehead atoms. The largest absolute Gasteiger partial charge is 0.508 e. The van der Waals surface area contributed by atoms with E-state index in [2.05, 4.69) is 16.1 Å². The number of ether oxygens (including phenoxy) is 2. The maximum absolute atomic E-state index is 14.0. The summed E-state index contributed by atoms with van der Waals surface area (Å²) < 4.78 is 11.4. The molecule has 2 aromatic carbocycles. The Labute approximate surface area is 270 Å². The van der Waals surface area contributed by atoms with Crippen LogP contribution in [0.5, 0.6) is 5.75 Å². The number of hydrogen-bond donors (Lipinski definition) is 4. The molecule has 2 aromatic rings. The molecular formula is C35H46N4O7. The normalized spacial score (nSPS) is 26.3. The molecule has 11 nitrogen and oxygen atoms in total. The van der Waals surface area contributed by atoms with Crippen molar-refractivity contribution >= 4 is 29.8 Å². The predicted octanol–water partition coefficient (Wildman–Crippen LogP) is 3.57. The third kappa shape index (κ3) is 9.64. The van der Waals surface area contributed by atoms with Crippen LogP contribution in [-0.4, -0.2) is 71.7 Å². The van der Waals surface area contributed by atoms with Crippen molar-refractivity contribution in [3.05, 3.63) is 71.3 Å². The number of nitrogens with zero attached hydrogens (tertiary/aromatic N) is 1. The fourth-order valence-corrected chi connectivity index (χ4v) is 5.70. The van der Waals surface area contributed by atoms with Gasteiger partial charge in [-0.15, -0.1) is 0 Å². The summed E-state index contributed by atoms with van der Waals surface area (Å²) in [5.41, 5.74) is 5.44. The second-order valence-electron chi connectivity index (χ2n) is 12.3. The number of methoxy groups -OCH3 is 1. The molecule has 1 unspecified atom stereocenters. The first-order valence-electron chi connectivity index (χ1n) is 16.0. The number of phenolic OH excluding ortho intramolecular Hbond substituents is 1. The molecule has 0 aromatic heterocycles. The number of cyclic esters (lactones) is 1. The summed E-state index contributed by atoms with van der Waals surface area (Å²) in [6, 6.07) is 11.5. The van der Waals surface area contributed by atoms with Crippen LogP contribution in [0, 0.1) is 5.92 Å². The number of amides is 3. The molecule has 0 radical (unpaired) electrons. The minimum absolute atomic E-state index is 0.0313. The zero-order valence-corrected chi connectivity index (χ0v) is 27.0. The third-order valence-corrected chi connectivity index (χ3v) is 8.35. The first-order chi connectivity index (χ1) is 22.0. The molecule has 0 aliphatic carbocycles. The SMILES string of the molecule is COC1CC/C=C/c2cccc(c2)[C@@H](C)OC(=O)[C@@H]2CCCN(N2)C(=O)[C@H](Cc2cccc(O)c2)NC(=O)[C@H](C(C)C)NC(=O)C1. The van der Waals surface area contributed by atoms with Crippen LogP contribution in [0.2, 0.25) is 0 Å². The lowest BCUT2D eigenvalue weighted by atomic mass is 10.00. The summed E-state index contributed by atoms with van der Waals surface area (Å²) in [7, 11) is 1.56. The number of aromatic hydroxyl groups is 1. The molecule has 2 aliphatic rings. The van der Waals surface area contributed by atoms with E-state index in [0.717, 1.165) is 11.1 Å². The number of carbonyl (C=O) groups is 4. The fraction of sp³-hybridized carbons (Fsp3) is 0.486. The van der Waals surface area contributed by atoms with E-state index in [-0.39, 0.29) is 36.5 Å². The molecule has 0 saturated carbocycles. The lowest BCUT2D eigenvalue weighted by molar-refractivity contribution is -0.157. The van der Waals surface area contributed by atoms with Gasteiger partial charge in [0.1, 0.15) is 30.0 Å². The van der Waals surface area contributed by atoms with Gasteiger partial charge in [-0.05, 0) is 73.4 Å². The van der Waals surface area contributed by atoms with E-state index >= 15 is 0 Å². The van der Waals surface area contributed by atoms with Crippen molar-refractivity contribution in [1.82, 2.24) is 21.1 Å². The van der Waals surface area contributed by atoms with Crippen molar-refractivity contribution in [3.63, 3.8) is 0 Å². The Kier molecular flexibility index (Phi) is 12.3. The zero-order valence-electron chi connectivity index (χ0n) is 27.0. The van der Waals surface area contributed by atoms with Crippen molar-refractivity contribution in [2.24, 2.45) is 5.92 Å². The highest BCUT2D eigenvalue weighted by molar-refractivity contribution is 5.92. The summed E-state index contributed by atoms with van der Waals surface area (Å²) in [5.74, 6) is -2.01. The Morgan fingerprint density at radius 2 is 1.83 bits per heavy atom. The predicted molar refractivity (Wildman–Crippen MR) is 173 cm³/mol. The zero-order chi connectivity index (χ0) is 33.2. The number of nitrogens with one attached hydrogen (secondary N) is 3. The van der Waals surface area contributed by atoms with Gasteiger partial charge in [0.2, 0.25) is 11.8 Å². The molecule has 5 atom stereocenters. The van der Waals surface area contributed by atoms with Gasteiger partial charge in [-0.1, -0.05) is 56.3 Å². The maximum Gasteiger partial charge on any atom is 0.325 e. The Bertz CT molecular complexity index is 1410. The van der Waals surface area contributed by atoms with Crippen LogP contribution in [0.1, 0.15) is 75.7 Å². The number of rotatable bonds is 4. The highest BCUT2D eigenvalue weighted by Gasteiger charge is 2.35. The van der Waals surface area contributed by atoms with E-state index in [0.29, 0.717) is 37.8 Å². The van der Waals surface area contributed by atoms with Gasteiger partial charge in [-0.2, -0.15) is 0 Å². The van der Waals surface area contributed by atoms with Crippen molar-refractivity contribution in [2.45, 2.75) is 89.6 Å². The topological polar surface area (TPSA) is 146 Å². The quantitative estimate of drug-likeness (QED) is 0.374. The number of fused-ring (bicyclic) bond motifs is 4. The molecule has 11 heteroatoms. The molecular weight excluding hydrogens is 588 g/mol. The molecule has 0 spiro atoms. The van der Waals surface area contributed by atoms with Gasteiger partial charge in [-0.3, -0.25) is 24.2 Å². The lowest BCUT2D eigenvalue weighted by Gasteiger charge is -2.36. The Morgan fingerprint density at radius 1 is 1.04 bits per heavy atom. The number of esters is 1. The van der Waals surface area contributed by atoms with Gasteiger partial charge in [0, 0.05) is 20.1 Å². The number of hydrazine groups is 1. The Balaban J connectivity index is 1.64. The van der Waals surface area contributed by atoms with E-state index in [1.165, 1.54) is 17.1 Å². The van der Waals surface area contributed by atoms with E-state index in [1.54, 1.807) is 19.2 Å². The van der Waals surface area contributed by atoms with Crippen molar-refractivity contribution < 1.29 is 33.8 Å². The first kappa shape index (κ1) is 34.6. The number of benzene rings is 2. The van der Waals surface area contributed by atoms with Crippen LogP contribution >= 0.6 is 0 Å². The molecule has 2 heterocycles. The maximum atomic E-state index is 14.0. The number of phenols is 1. The molecule has 1 saturated heterocycles. The molecule has 3 amide bonds. The number of carbonyl (C=O) groups excluding carboxylic acids is 4. The van der Waals surface area contributed by atoms with E-state index in [1.807, 2.05) is 57.2 Å². The Morgan fingerprint density at radius 3 is 2.57 bits per heavy atom. The van der Waals surface area contributed by atoms with Gasteiger partial charge < -0.3 is 25.2 Å². The van der Waals surface area contributed by atoms with Gasteiger partial charge in [0.15, 0.2) is 0 Å². The van der Waals surface area contributed by atoms with E-state index in [9.17, 15) is 24.3 Å². The molecule has 2 aliphatic heterocycles. The third-order valence-electron chi connectivity index (χ3n) is 8.35. The van der Waals surface area contributed by atoms with Gasteiger partial charge in [0.05, 0.1) is 12.5 Å². The number of allylic oxidation sites excluding steroid dienone is 1. The summed E-state index contributed by atoms with van der Waals surface area (Å²) >= 11 is 0. The van der Waals surface area contributed by atoms with Crippen LogP contribution in [-0.2, 0) is 35.1 Å². The lowest BCUT2D eigenvalue weighted by Crippen LogP contribution is -2.62. The van der Waals surface area contributed by atoms with Crippen LogP contribution in [0.4, 0.5) is 0 Å². The minimum Gasteiger partial charge on any atom is -0.508 e. The van der Waals surface area contributed by atoms with Crippen LogP contribution in [0.3, 0.4) is 0 Å².